The second-order valence-corrected chi connectivity index (χ2v) is 7.25. The van der Waals surface area contributed by atoms with Crippen molar-refractivity contribution in [3.8, 4) is 11.3 Å². The van der Waals surface area contributed by atoms with E-state index in [0.29, 0.717) is 10.0 Å². The van der Waals surface area contributed by atoms with Gasteiger partial charge in [0, 0.05) is 10.4 Å². The summed E-state index contributed by atoms with van der Waals surface area (Å²) in [5.74, 6) is 0. The first-order valence-corrected chi connectivity index (χ1v) is 8.90. The Kier molecular flexibility index (Phi) is 5.19. The van der Waals surface area contributed by atoms with Gasteiger partial charge in [0.2, 0.25) is 5.13 Å². The van der Waals surface area contributed by atoms with E-state index in [2.05, 4.69) is 34.6 Å². The highest BCUT2D eigenvalue weighted by Crippen LogP contribution is 2.30. The summed E-state index contributed by atoms with van der Waals surface area (Å²) in [5, 5.41) is 6.20. The van der Waals surface area contributed by atoms with Crippen LogP contribution in [0.3, 0.4) is 0 Å². The zero-order valence-corrected chi connectivity index (χ0v) is 15.5. The van der Waals surface area contributed by atoms with Crippen LogP contribution >= 0.6 is 34.5 Å². The van der Waals surface area contributed by atoms with Gasteiger partial charge < -0.3 is 0 Å². The van der Waals surface area contributed by atoms with Crippen LogP contribution in [-0.2, 0) is 0 Å². The average molecular weight is 376 g/mol. The molecule has 1 N–H and O–H groups in total. The topological polar surface area (TPSA) is 37.3 Å². The number of hydrogen-bond donors (Lipinski definition) is 1. The van der Waals surface area contributed by atoms with Gasteiger partial charge in [-0.3, -0.25) is 5.43 Å². The third kappa shape index (κ3) is 3.78. The maximum atomic E-state index is 6.05. The van der Waals surface area contributed by atoms with E-state index in [1.54, 1.807) is 23.5 Å². The van der Waals surface area contributed by atoms with Gasteiger partial charge in [-0.15, -0.1) is 11.3 Å². The molecule has 0 fully saturated rings. The summed E-state index contributed by atoms with van der Waals surface area (Å²) in [6, 6.07) is 15.6. The summed E-state index contributed by atoms with van der Waals surface area (Å²) in [5.41, 5.74) is 6.82. The fourth-order valence-electron chi connectivity index (χ4n) is 2.23. The number of aromatic nitrogens is 1. The average Bonchev–Trinajstić information content (AvgIpc) is 2.97. The summed E-state index contributed by atoms with van der Waals surface area (Å²) in [6.07, 6.45) is 0. The quantitative estimate of drug-likeness (QED) is 0.431. The SMILES string of the molecule is C/C(=N/Nc1nc(-c2ccccc2)c(C)s1)c1ccc(Cl)c(Cl)c1. The number of thiazole rings is 1. The largest absolute Gasteiger partial charge is 0.252 e. The van der Waals surface area contributed by atoms with Crippen molar-refractivity contribution < 1.29 is 0 Å². The summed E-state index contributed by atoms with van der Waals surface area (Å²) in [6.45, 7) is 3.96. The Bertz CT molecular complexity index is 889. The minimum absolute atomic E-state index is 0.514. The number of aryl methyl sites for hydroxylation is 1. The monoisotopic (exact) mass is 375 g/mol. The molecule has 6 heteroatoms. The molecule has 122 valence electrons. The first-order valence-electron chi connectivity index (χ1n) is 7.33. The van der Waals surface area contributed by atoms with Crippen molar-refractivity contribution in [3.63, 3.8) is 0 Å². The van der Waals surface area contributed by atoms with Crippen molar-refractivity contribution in [2.45, 2.75) is 13.8 Å². The Hall–Kier alpha value is -1.88. The molecule has 0 atom stereocenters. The van der Waals surface area contributed by atoms with E-state index in [-0.39, 0.29) is 0 Å². The Morgan fingerprint density at radius 3 is 2.54 bits per heavy atom. The number of nitrogens with one attached hydrogen (secondary N) is 1. The van der Waals surface area contributed by atoms with Gasteiger partial charge in [0.25, 0.3) is 0 Å². The first kappa shape index (κ1) is 17.0. The number of anilines is 1. The van der Waals surface area contributed by atoms with Crippen molar-refractivity contribution in [1.29, 1.82) is 0 Å². The van der Waals surface area contributed by atoms with Crippen LogP contribution < -0.4 is 5.43 Å². The fourth-order valence-corrected chi connectivity index (χ4v) is 3.30. The van der Waals surface area contributed by atoms with Gasteiger partial charge in [0.05, 0.1) is 21.5 Å². The lowest BCUT2D eigenvalue weighted by Crippen LogP contribution is -1.99. The molecule has 2 aromatic carbocycles. The zero-order valence-electron chi connectivity index (χ0n) is 13.2. The lowest BCUT2D eigenvalue weighted by Gasteiger charge is -2.03. The molecule has 0 aliphatic heterocycles. The summed E-state index contributed by atoms with van der Waals surface area (Å²) in [7, 11) is 0. The molecule has 3 aromatic rings. The second-order valence-electron chi connectivity index (χ2n) is 5.23. The van der Waals surface area contributed by atoms with Crippen LogP contribution in [0.15, 0.2) is 53.6 Å². The van der Waals surface area contributed by atoms with E-state index in [1.165, 1.54) is 0 Å². The van der Waals surface area contributed by atoms with E-state index in [1.807, 2.05) is 31.2 Å². The normalized spacial score (nSPS) is 11.6. The third-order valence-corrected chi connectivity index (χ3v) is 5.11. The van der Waals surface area contributed by atoms with Crippen molar-refractivity contribution >= 4 is 45.4 Å². The summed E-state index contributed by atoms with van der Waals surface area (Å²) >= 11 is 13.6. The molecule has 1 aromatic heterocycles. The fraction of sp³-hybridized carbons (Fsp3) is 0.111. The van der Waals surface area contributed by atoms with E-state index in [9.17, 15) is 0 Å². The number of halogens is 2. The Balaban J connectivity index is 1.80. The van der Waals surface area contributed by atoms with Crippen LogP contribution in [0.1, 0.15) is 17.4 Å². The lowest BCUT2D eigenvalue weighted by molar-refractivity contribution is 1.27. The standard InChI is InChI=1S/C18H15Cl2N3S/c1-11(14-8-9-15(19)16(20)10-14)22-23-18-21-17(12(2)24-18)13-6-4-3-5-7-13/h3-10H,1-2H3,(H,21,23)/b22-11-. The van der Waals surface area contributed by atoms with E-state index in [4.69, 9.17) is 23.2 Å². The van der Waals surface area contributed by atoms with Crippen molar-refractivity contribution in [2.75, 3.05) is 5.43 Å². The number of benzene rings is 2. The van der Waals surface area contributed by atoms with Crippen LogP contribution in [0, 0.1) is 6.92 Å². The lowest BCUT2D eigenvalue weighted by atomic mass is 10.1. The van der Waals surface area contributed by atoms with Gasteiger partial charge >= 0.3 is 0 Å². The van der Waals surface area contributed by atoms with Crippen molar-refractivity contribution in [1.82, 2.24) is 4.98 Å². The molecule has 1 heterocycles. The van der Waals surface area contributed by atoms with Crippen LogP contribution in [-0.4, -0.2) is 10.7 Å². The molecule has 0 saturated carbocycles. The minimum Gasteiger partial charge on any atom is -0.252 e. The van der Waals surface area contributed by atoms with Gasteiger partial charge in [0.15, 0.2) is 0 Å². The molecule has 0 aliphatic rings. The second kappa shape index (κ2) is 7.34. The molecule has 0 amide bonds. The molecule has 0 bridgehead atoms. The van der Waals surface area contributed by atoms with Gasteiger partial charge in [-0.2, -0.15) is 5.10 Å². The van der Waals surface area contributed by atoms with Gasteiger partial charge in [-0.1, -0.05) is 59.6 Å². The maximum absolute atomic E-state index is 6.05. The van der Waals surface area contributed by atoms with Crippen molar-refractivity contribution in [2.24, 2.45) is 5.10 Å². The Morgan fingerprint density at radius 1 is 1.08 bits per heavy atom. The van der Waals surface area contributed by atoms with E-state index in [0.717, 1.165) is 32.5 Å². The molecule has 0 aliphatic carbocycles. The van der Waals surface area contributed by atoms with E-state index < -0.39 is 0 Å². The van der Waals surface area contributed by atoms with Crippen LogP contribution in [0.2, 0.25) is 10.0 Å². The van der Waals surface area contributed by atoms with Crippen LogP contribution in [0.4, 0.5) is 5.13 Å². The van der Waals surface area contributed by atoms with Crippen LogP contribution in [0.25, 0.3) is 11.3 Å². The van der Waals surface area contributed by atoms with Crippen LogP contribution in [0.5, 0.6) is 0 Å². The minimum atomic E-state index is 0.514. The molecule has 0 saturated heterocycles. The Morgan fingerprint density at radius 2 is 1.83 bits per heavy atom. The molecule has 0 radical (unpaired) electrons. The molecule has 3 nitrogen and oxygen atoms in total. The molecular formula is C18H15Cl2N3S. The summed E-state index contributed by atoms with van der Waals surface area (Å²) in [4.78, 5) is 5.78. The van der Waals surface area contributed by atoms with Gasteiger partial charge in [-0.25, -0.2) is 4.98 Å². The predicted molar refractivity (Wildman–Crippen MR) is 105 cm³/mol. The molecule has 24 heavy (non-hydrogen) atoms. The number of hydrazone groups is 1. The highest BCUT2D eigenvalue weighted by molar-refractivity contribution is 7.16. The van der Waals surface area contributed by atoms with Crippen molar-refractivity contribution in [3.05, 3.63) is 69.0 Å². The maximum Gasteiger partial charge on any atom is 0.204 e. The van der Waals surface area contributed by atoms with Gasteiger partial charge in [0.1, 0.15) is 0 Å². The van der Waals surface area contributed by atoms with E-state index >= 15 is 0 Å². The zero-order chi connectivity index (χ0) is 17.1. The predicted octanol–water partition coefficient (Wildman–Crippen LogP) is 6.26. The number of hydrogen-bond acceptors (Lipinski definition) is 4. The first-order chi connectivity index (χ1) is 11.5. The Labute approximate surface area is 155 Å². The third-order valence-electron chi connectivity index (χ3n) is 3.50. The molecule has 0 spiro atoms. The van der Waals surface area contributed by atoms with Gasteiger partial charge in [-0.05, 0) is 31.5 Å². The molecule has 0 unspecified atom stereocenters. The molecular weight excluding hydrogens is 361 g/mol. The highest BCUT2D eigenvalue weighted by Gasteiger charge is 2.09. The highest BCUT2D eigenvalue weighted by atomic mass is 35.5. The smallest absolute Gasteiger partial charge is 0.204 e. The number of nitrogens with zero attached hydrogens (tertiary/aromatic N) is 2. The number of rotatable bonds is 4. The summed E-state index contributed by atoms with van der Waals surface area (Å²) < 4.78 is 0. The molecule has 3 rings (SSSR count).